The minimum absolute atomic E-state index is 0.433. The lowest BCUT2D eigenvalue weighted by atomic mass is 9.79. The molecule has 1 aliphatic rings. The second kappa shape index (κ2) is 4.64. The Morgan fingerprint density at radius 3 is 2.48 bits per heavy atom. The second-order valence-corrected chi connectivity index (χ2v) is 6.96. The Hall–Kier alpha value is -1.22. The molecule has 6 nitrogen and oxygen atoms in total. The summed E-state index contributed by atoms with van der Waals surface area (Å²) in [5, 5.41) is 0.749. The molecule has 0 bridgehead atoms. The average Bonchev–Trinajstić information content (AvgIpc) is 2.85. The maximum atomic E-state index is 11.5. The van der Waals surface area contributed by atoms with Crippen molar-refractivity contribution in [2.75, 3.05) is 0 Å². The first-order valence-corrected chi connectivity index (χ1v) is 7.72. The van der Waals surface area contributed by atoms with Crippen LogP contribution in [0.25, 0.3) is 11.0 Å². The molecule has 2 aromatic heterocycles. The van der Waals surface area contributed by atoms with E-state index in [0.29, 0.717) is 11.1 Å². The summed E-state index contributed by atoms with van der Waals surface area (Å²) in [6.45, 7) is 7.87. The highest BCUT2D eigenvalue weighted by atomic mass is 32.2. The van der Waals surface area contributed by atoms with Crippen molar-refractivity contribution in [1.82, 2.24) is 8.96 Å². The number of nitrogens with zero attached hydrogens (tertiary/aromatic N) is 2. The van der Waals surface area contributed by atoms with Crippen molar-refractivity contribution >= 4 is 34.9 Å². The number of pyridine rings is 1. The molecule has 2 aromatic rings. The van der Waals surface area contributed by atoms with Crippen molar-refractivity contribution in [2.45, 2.75) is 38.9 Å². The van der Waals surface area contributed by atoms with Crippen LogP contribution in [0.4, 0.5) is 0 Å². The molecular formula is C13H17BN2O4S. The molecule has 0 aliphatic carbocycles. The van der Waals surface area contributed by atoms with Gasteiger partial charge in [-0.2, -0.15) is 0 Å². The predicted molar refractivity (Wildman–Crippen MR) is 81.6 cm³/mol. The Morgan fingerprint density at radius 1 is 1.29 bits per heavy atom. The number of hydrogen-bond acceptors (Lipinski definition) is 4. The Morgan fingerprint density at radius 2 is 1.90 bits per heavy atom. The van der Waals surface area contributed by atoms with E-state index in [9.17, 15) is 8.76 Å². The van der Waals surface area contributed by atoms with Crippen LogP contribution in [0.3, 0.4) is 0 Å². The monoisotopic (exact) mass is 308 g/mol. The van der Waals surface area contributed by atoms with E-state index in [0.717, 1.165) is 5.39 Å². The zero-order valence-electron chi connectivity index (χ0n) is 12.4. The molecule has 112 valence electrons. The first-order chi connectivity index (χ1) is 9.73. The van der Waals surface area contributed by atoms with Gasteiger partial charge in [-0.1, -0.05) is 0 Å². The lowest BCUT2D eigenvalue weighted by molar-refractivity contribution is 0.00578. The highest BCUT2D eigenvalue weighted by molar-refractivity contribution is 7.77. The topological polar surface area (TPSA) is 73.6 Å². The lowest BCUT2D eigenvalue weighted by Gasteiger charge is -2.32. The summed E-state index contributed by atoms with van der Waals surface area (Å²) in [7, 11) is -0.591. The largest absolute Gasteiger partial charge is 0.497 e. The van der Waals surface area contributed by atoms with Crippen molar-refractivity contribution in [2.24, 2.45) is 0 Å². The standard InChI is InChI=1S/C13H17BN2O4S/c1-12(2)13(3,4)20-14(19-12)10-8-16(21(17)18)11-9(10)6-5-7-15-11/h5-8H,1-4H3,(H,17,18). The van der Waals surface area contributed by atoms with Crippen molar-refractivity contribution in [3.8, 4) is 0 Å². The van der Waals surface area contributed by atoms with Crippen LogP contribution < -0.4 is 5.46 Å². The van der Waals surface area contributed by atoms with Crippen LogP contribution in [0, 0.1) is 0 Å². The molecule has 0 aromatic carbocycles. The number of rotatable bonds is 2. The quantitative estimate of drug-likeness (QED) is 0.669. The summed E-state index contributed by atoms with van der Waals surface area (Å²) in [5.74, 6) is 0. The summed E-state index contributed by atoms with van der Waals surface area (Å²) in [5.41, 5.74) is 0.210. The average molecular weight is 308 g/mol. The Balaban J connectivity index is 2.13. The van der Waals surface area contributed by atoms with Gasteiger partial charge in [-0.05, 0) is 39.8 Å². The molecule has 1 saturated heterocycles. The predicted octanol–water partition coefficient (Wildman–Crippen LogP) is 1.32. The van der Waals surface area contributed by atoms with Crippen molar-refractivity contribution < 1.29 is 18.1 Å². The van der Waals surface area contributed by atoms with Gasteiger partial charge < -0.3 is 9.31 Å². The summed E-state index contributed by atoms with van der Waals surface area (Å²) < 4.78 is 34.1. The van der Waals surface area contributed by atoms with E-state index in [-0.39, 0.29) is 0 Å². The Kier molecular flexibility index (Phi) is 3.25. The van der Waals surface area contributed by atoms with Gasteiger partial charge in [0.2, 0.25) is 0 Å². The molecule has 8 heteroatoms. The van der Waals surface area contributed by atoms with Crippen LogP contribution in [0.15, 0.2) is 24.5 Å². The molecule has 0 saturated carbocycles. The van der Waals surface area contributed by atoms with E-state index in [2.05, 4.69) is 4.98 Å². The maximum absolute atomic E-state index is 11.5. The van der Waals surface area contributed by atoms with E-state index < -0.39 is 29.6 Å². The Bertz CT molecular complexity index is 712. The number of fused-ring (bicyclic) bond motifs is 1. The molecule has 1 fully saturated rings. The third kappa shape index (κ3) is 2.22. The molecule has 1 N–H and O–H groups in total. The third-order valence-corrected chi connectivity index (χ3v) is 4.85. The van der Waals surface area contributed by atoms with Gasteiger partial charge in [0.25, 0.3) is 11.3 Å². The first-order valence-electron chi connectivity index (χ1n) is 6.66. The smallest absolute Gasteiger partial charge is 0.399 e. The van der Waals surface area contributed by atoms with Gasteiger partial charge in [-0.3, -0.25) is 4.55 Å². The minimum atomic E-state index is -2.18. The first kappa shape index (κ1) is 14.7. The van der Waals surface area contributed by atoms with Crippen LogP contribution in [0.1, 0.15) is 27.7 Å². The van der Waals surface area contributed by atoms with Crippen molar-refractivity contribution in [3.63, 3.8) is 0 Å². The second-order valence-electron chi connectivity index (χ2n) is 6.10. The van der Waals surface area contributed by atoms with Gasteiger partial charge >= 0.3 is 7.12 Å². The van der Waals surface area contributed by atoms with Crippen LogP contribution in [-0.4, -0.2) is 36.0 Å². The highest BCUT2D eigenvalue weighted by Crippen LogP contribution is 2.37. The third-order valence-electron chi connectivity index (χ3n) is 4.24. The van der Waals surface area contributed by atoms with Crippen LogP contribution in [0.2, 0.25) is 0 Å². The van der Waals surface area contributed by atoms with Crippen molar-refractivity contribution in [3.05, 3.63) is 24.5 Å². The van der Waals surface area contributed by atoms with Gasteiger partial charge in [0.1, 0.15) is 0 Å². The van der Waals surface area contributed by atoms with E-state index in [1.807, 2.05) is 33.8 Å². The zero-order valence-corrected chi connectivity index (χ0v) is 13.2. The molecule has 1 atom stereocenters. The SMILES string of the molecule is CC1(C)OB(c2cn(S(=O)O)c3ncccc23)OC1(C)C. The molecule has 3 rings (SSSR count). The molecule has 0 radical (unpaired) electrons. The maximum Gasteiger partial charge on any atom is 0.497 e. The number of hydrogen-bond donors (Lipinski definition) is 1. The van der Waals surface area contributed by atoms with Gasteiger partial charge in [0.05, 0.1) is 11.2 Å². The van der Waals surface area contributed by atoms with E-state index >= 15 is 0 Å². The molecule has 0 spiro atoms. The molecule has 1 unspecified atom stereocenters. The fourth-order valence-corrected chi connectivity index (χ4v) is 2.83. The van der Waals surface area contributed by atoms with Gasteiger partial charge in [-0.25, -0.2) is 13.2 Å². The Labute approximate surface area is 126 Å². The van der Waals surface area contributed by atoms with Gasteiger partial charge in [-0.15, -0.1) is 0 Å². The molecule has 1 aliphatic heterocycles. The van der Waals surface area contributed by atoms with Gasteiger partial charge in [0, 0.05) is 23.2 Å². The fraction of sp³-hybridized carbons (Fsp3) is 0.462. The molecule has 3 heterocycles. The highest BCUT2D eigenvalue weighted by Gasteiger charge is 2.52. The van der Waals surface area contributed by atoms with Crippen LogP contribution >= 0.6 is 0 Å². The fourth-order valence-electron chi connectivity index (χ4n) is 2.33. The van der Waals surface area contributed by atoms with E-state index in [1.165, 1.54) is 3.97 Å². The van der Waals surface area contributed by atoms with Crippen LogP contribution in [-0.2, 0) is 20.6 Å². The van der Waals surface area contributed by atoms with Crippen LogP contribution in [0.5, 0.6) is 0 Å². The summed E-state index contributed by atoms with van der Waals surface area (Å²) in [6.07, 6.45) is 3.15. The molecular weight excluding hydrogens is 291 g/mol. The van der Waals surface area contributed by atoms with E-state index in [1.54, 1.807) is 18.5 Å². The lowest BCUT2D eigenvalue weighted by Crippen LogP contribution is -2.41. The summed E-state index contributed by atoms with van der Waals surface area (Å²) in [6, 6.07) is 3.62. The molecule has 0 amide bonds. The van der Waals surface area contributed by atoms with Gasteiger partial charge in [0.15, 0.2) is 5.65 Å². The van der Waals surface area contributed by atoms with E-state index in [4.69, 9.17) is 9.31 Å². The molecule has 21 heavy (non-hydrogen) atoms. The normalized spacial score (nSPS) is 21.9. The summed E-state index contributed by atoms with van der Waals surface area (Å²) in [4.78, 5) is 4.17. The zero-order chi connectivity index (χ0) is 15.4. The van der Waals surface area contributed by atoms with Crippen molar-refractivity contribution in [1.29, 1.82) is 0 Å². The minimum Gasteiger partial charge on any atom is -0.399 e. The summed E-state index contributed by atoms with van der Waals surface area (Å²) >= 11 is -2.18. The number of aromatic nitrogens is 2.